The van der Waals surface area contributed by atoms with E-state index in [0.29, 0.717) is 11.3 Å². The summed E-state index contributed by atoms with van der Waals surface area (Å²) in [4.78, 5) is 27.7. The van der Waals surface area contributed by atoms with Crippen molar-refractivity contribution in [2.45, 2.75) is 45.1 Å². The minimum atomic E-state index is -0.998. The highest BCUT2D eigenvalue weighted by Crippen LogP contribution is 2.33. The zero-order valence-electron chi connectivity index (χ0n) is 12.3. The first-order valence-electron chi connectivity index (χ1n) is 6.90. The fraction of sp³-hybridized carbons (Fsp3) is 0.533. The summed E-state index contributed by atoms with van der Waals surface area (Å²) >= 11 is 5.97. The van der Waals surface area contributed by atoms with Crippen molar-refractivity contribution >= 4 is 23.5 Å². The highest BCUT2D eigenvalue weighted by molar-refractivity contribution is 6.29. The van der Waals surface area contributed by atoms with Crippen LogP contribution in [-0.2, 0) is 10.2 Å². The van der Waals surface area contributed by atoms with Crippen LogP contribution in [0.5, 0.6) is 0 Å². The molecule has 1 fully saturated rings. The summed E-state index contributed by atoms with van der Waals surface area (Å²) in [7, 11) is 0. The molecule has 2 rings (SSSR count). The third-order valence-electron chi connectivity index (χ3n) is 3.47. The van der Waals surface area contributed by atoms with Gasteiger partial charge >= 0.3 is 5.97 Å². The normalized spacial score (nSPS) is 16.4. The van der Waals surface area contributed by atoms with Crippen molar-refractivity contribution in [3.8, 4) is 0 Å². The first-order chi connectivity index (χ1) is 9.68. The Morgan fingerprint density at radius 3 is 2.48 bits per heavy atom. The van der Waals surface area contributed by atoms with Gasteiger partial charge in [-0.15, -0.1) is 0 Å². The van der Waals surface area contributed by atoms with Gasteiger partial charge in [-0.1, -0.05) is 32.4 Å². The molecule has 0 radical (unpaired) electrons. The molecule has 21 heavy (non-hydrogen) atoms. The second kappa shape index (κ2) is 5.64. The molecule has 0 bridgehead atoms. The Kier molecular flexibility index (Phi) is 4.23. The molecule has 1 heterocycles. The molecule has 0 aromatic carbocycles. The van der Waals surface area contributed by atoms with Gasteiger partial charge in [0.1, 0.15) is 11.2 Å². The molecule has 0 saturated heterocycles. The van der Waals surface area contributed by atoms with Gasteiger partial charge in [-0.2, -0.15) is 0 Å². The molecule has 1 aliphatic carbocycles. The highest BCUT2D eigenvalue weighted by atomic mass is 35.5. The fourth-order valence-corrected chi connectivity index (χ4v) is 2.26. The summed E-state index contributed by atoms with van der Waals surface area (Å²) in [6, 6.07) is 2.29. The van der Waals surface area contributed by atoms with Gasteiger partial charge in [0.15, 0.2) is 0 Å². The van der Waals surface area contributed by atoms with Gasteiger partial charge in [-0.05, 0) is 30.9 Å². The first kappa shape index (κ1) is 15.8. The molecule has 1 saturated carbocycles. The van der Waals surface area contributed by atoms with Crippen LogP contribution in [0.3, 0.4) is 0 Å². The third kappa shape index (κ3) is 3.94. The molecule has 114 valence electrons. The second-order valence-corrected chi connectivity index (χ2v) is 6.83. The molecule has 1 atom stereocenters. The molecule has 6 heteroatoms. The first-order valence-corrected chi connectivity index (χ1v) is 7.28. The van der Waals surface area contributed by atoms with Crippen molar-refractivity contribution in [2.24, 2.45) is 5.92 Å². The lowest BCUT2D eigenvalue weighted by Crippen LogP contribution is -2.42. The summed E-state index contributed by atoms with van der Waals surface area (Å²) in [6.07, 6.45) is 1.67. The number of carbonyl (C=O) groups is 2. The summed E-state index contributed by atoms with van der Waals surface area (Å²) < 4.78 is 0. The standard InChI is InChI=1S/C15H19ClN2O3/c1-15(2,3)10-6-9(7-11(16)17-10)13(19)18-12(14(20)21)8-4-5-8/h6-8,12H,4-5H2,1-3H3,(H,18,19)(H,20,21). The number of nitrogens with zero attached hydrogens (tertiary/aromatic N) is 1. The maximum absolute atomic E-state index is 12.3. The highest BCUT2D eigenvalue weighted by Gasteiger charge is 2.37. The van der Waals surface area contributed by atoms with Crippen molar-refractivity contribution in [1.82, 2.24) is 10.3 Å². The molecule has 1 aromatic heterocycles. The van der Waals surface area contributed by atoms with Crippen LogP contribution in [0.4, 0.5) is 0 Å². The number of aromatic nitrogens is 1. The average Bonchev–Trinajstić information content (AvgIpc) is 3.17. The van der Waals surface area contributed by atoms with E-state index in [1.54, 1.807) is 6.07 Å². The molecule has 2 N–H and O–H groups in total. The zero-order valence-corrected chi connectivity index (χ0v) is 13.1. The van der Waals surface area contributed by atoms with Crippen molar-refractivity contribution in [2.75, 3.05) is 0 Å². The number of aliphatic carboxylic acids is 1. The van der Waals surface area contributed by atoms with Crippen molar-refractivity contribution in [1.29, 1.82) is 0 Å². The van der Waals surface area contributed by atoms with E-state index in [2.05, 4.69) is 10.3 Å². The smallest absolute Gasteiger partial charge is 0.326 e. The average molecular weight is 311 g/mol. The van der Waals surface area contributed by atoms with Gasteiger partial charge < -0.3 is 10.4 Å². The van der Waals surface area contributed by atoms with E-state index >= 15 is 0 Å². The lowest BCUT2D eigenvalue weighted by atomic mass is 9.91. The van der Waals surface area contributed by atoms with E-state index in [4.69, 9.17) is 16.7 Å². The molecule has 1 aromatic rings. The van der Waals surface area contributed by atoms with Crippen LogP contribution in [0.1, 0.15) is 49.7 Å². The molecule has 0 spiro atoms. The van der Waals surface area contributed by atoms with Crippen LogP contribution in [-0.4, -0.2) is 28.0 Å². The third-order valence-corrected chi connectivity index (χ3v) is 3.66. The number of hydrogen-bond donors (Lipinski definition) is 2. The van der Waals surface area contributed by atoms with Gasteiger partial charge in [0.25, 0.3) is 5.91 Å². The maximum atomic E-state index is 12.3. The predicted molar refractivity (Wildman–Crippen MR) is 79.6 cm³/mol. The number of carbonyl (C=O) groups excluding carboxylic acids is 1. The van der Waals surface area contributed by atoms with Crippen LogP contribution >= 0.6 is 11.6 Å². The number of hydrogen-bond acceptors (Lipinski definition) is 3. The quantitative estimate of drug-likeness (QED) is 0.838. The lowest BCUT2D eigenvalue weighted by molar-refractivity contribution is -0.139. The molecule has 5 nitrogen and oxygen atoms in total. The Balaban J connectivity index is 2.22. The number of halogens is 1. The number of carboxylic acid groups (broad SMARTS) is 1. The number of carboxylic acids is 1. The Labute approximate surface area is 128 Å². The van der Waals surface area contributed by atoms with Gasteiger partial charge in [0, 0.05) is 16.7 Å². The number of rotatable bonds is 4. The van der Waals surface area contributed by atoms with Gasteiger partial charge in [0.05, 0.1) is 0 Å². The van der Waals surface area contributed by atoms with E-state index < -0.39 is 17.9 Å². The second-order valence-electron chi connectivity index (χ2n) is 6.44. The number of pyridine rings is 1. The van der Waals surface area contributed by atoms with Crippen LogP contribution in [0, 0.1) is 5.92 Å². The van der Waals surface area contributed by atoms with Crippen LogP contribution in [0.25, 0.3) is 0 Å². The molecular formula is C15H19ClN2O3. The van der Waals surface area contributed by atoms with Crippen molar-refractivity contribution < 1.29 is 14.7 Å². The fourth-order valence-electron chi connectivity index (χ4n) is 2.05. The van der Waals surface area contributed by atoms with E-state index in [1.165, 1.54) is 6.07 Å². The lowest BCUT2D eigenvalue weighted by Gasteiger charge is -2.19. The molecule has 1 unspecified atom stereocenters. The van der Waals surface area contributed by atoms with E-state index in [9.17, 15) is 9.59 Å². The van der Waals surface area contributed by atoms with E-state index in [0.717, 1.165) is 12.8 Å². The van der Waals surface area contributed by atoms with Gasteiger partial charge in [-0.25, -0.2) is 9.78 Å². The van der Waals surface area contributed by atoms with E-state index in [-0.39, 0.29) is 16.5 Å². The largest absolute Gasteiger partial charge is 0.480 e. The van der Waals surface area contributed by atoms with Crippen molar-refractivity contribution in [3.63, 3.8) is 0 Å². The zero-order chi connectivity index (χ0) is 15.8. The van der Waals surface area contributed by atoms with Crippen molar-refractivity contribution in [3.05, 3.63) is 28.5 Å². The Bertz CT molecular complexity index is 577. The molecule has 0 aliphatic heterocycles. The molecule has 1 aliphatic rings. The van der Waals surface area contributed by atoms with Gasteiger partial charge in [-0.3, -0.25) is 4.79 Å². The predicted octanol–water partition coefficient (Wildman–Crippen LogP) is 2.63. The van der Waals surface area contributed by atoms with E-state index in [1.807, 2.05) is 20.8 Å². The summed E-state index contributed by atoms with van der Waals surface area (Å²) in [5, 5.41) is 12.0. The Morgan fingerprint density at radius 2 is 2.00 bits per heavy atom. The maximum Gasteiger partial charge on any atom is 0.326 e. The number of amides is 1. The SMILES string of the molecule is CC(C)(C)c1cc(C(=O)NC(C(=O)O)C2CC2)cc(Cl)n1. The summed E-state index contributed by atoms with van der Waals surface area (Å²) in [5.41, 5.74) is 0.785. The Morgan fingerprint density at radius 1 is 1.38 bits per heavy atom. The minimum Gasteiger partial charge on any atom is -0.480 e. The van der Waals surface area contributed by atoms with Crippen LogP contribution in [0.15, 0.2) is 12.1 Å². The van der Waals surface area contributed by atoms with Crippen LogP contribution < -0.4 is 5.32 Å². The molecular weight excluding hydrogens is 292 g/mol. The topological polar surface area (TPSA) is 79.3 Å². The summed E-state index contributed by atoms with van der Waals surface area (Å²) in [6.45, 7) is 5.91. The van der Waals surface area contributed by atoms with Crippen LogP contribution in [0.2, 0.25) is 5.15 Å². The number of nitrogens with one attached hydrogen (secondary N) is 1. The minimum absolute atomic E-state index is 0.0332. The summed E-state index contributed by atoms with van der Waals surface area (Å²) in [5.74, 6) is -1.39. The van der Waals surface area contributed by atoms with Gasteiger partial charge in [0.2, 0.25) is 0 Å². The Hall–Kier alpha value is -1.62. The molecule has 1 amide bonds. The monoisotopic (exact) mass is 310 g/mol.